The van der Waals surface area contributed by atoms with E-state index in [2.05, 4.69) is 29.8 Å². The Morgan fingerprint density at radius 3 is 1.39 bits per heavy atom. The maximum Gasteiger partial charge on any atom is 0.364 e. The number of ether oxygens (including phenoxy) is 8. The molecule has 4 fully saturated rings. The van der Waals surface area contributed by atoms with E-state index in [9.17, 15) is 106 Å². The highest BCUT2D eigenvalue weighted by Crippen LogP contribution is 2.41. The summed E-state index contributed by atoms with van der Waals surface area (Å²) in [4.78, 5) is 65.0. The van der Waals surface area contributed by atoms with E-state index in [1.807, 2.05) is 6.08 Å². The zero-order valence-electron chi connectivity index (χ0n) is 62.9. The fraction of sp³-hybridized carbons (Fsp3) is 0.905. The van der Waals surface area contributed by atoms with Crippen LogP contribution in [-0.4, -0.2) is 290 Å². The molecule has 0 radical (unpaired) electrons. The van der Waals surface area contributed by atoms with E-state index in [0.717, 1.165) is 65.2 Å². The van der Waals surface area contributed by atoms with Gasteiger partial charge in [0.1, 0.15) is 85.5 Å². The number of allylic oxidation sites excluding steroid dienone is 1. The Kier molecular flexibility index (Phi) is 45.5. The van der Waals surface area contributed by atoms with Crippen LogP contribution in [0.15, 0.2) is 12.2 Å². The number of amides is 3. The Morgan fingerprint density at radius 1 is 0.509 bits per heavy atom. The quantitative estimate of drug-likeness (QED) is 0.0305. The minimum absolute atomic E-state index is 0.156. The SMILES string of the molecule is CCCCCCCCCCCCCC=CC(O)C(COC1OC(CO)C(OC2OC(CO)C(O)C(OC3(C(=O)O)CC(O)C(NC(C)=O)C(C(O)C(CO)OC4(C(=O)O)CC(O)C(NC(C)=O)C(C(O)C(O)CO)O4)O3)C2O)C(O)C1O)NC(=O)CCCCCCCCCCCCCCCCCCCCC. The lowest BCUT2D eigenvalue weighted by molar-refractivity contribution is -0.388. The second-order valence-electron chi connectivity index (χ2n) is 29.3. The summed E-state index contributed by atoms with van der Waals surface area (Å²) in [5.74, 6) is -13.1. The Bertz CT molecular complexity index is 2480. The van der Waals surface area contributed by atoms with Gasteiger partial charge in [-0.05, 0) is 19.3 Å². The summed E-state index contributed by atoms with van der Waals surface area (Å²) >= 11 is 0. The summed E-state index contributed by atoms with van der Waals surface area (Å²) in [6.07, 6.45) is -2.84. The van der Waals surface area contributed by atoms with Gasteiger partial charge in [-0.2, -0.15) is 0 Å². The molecule has 4 aliphatic rings. The fourth-order valence-corrected chi connectivity index (χ4v) is 14.2. The molecular formula is C74H133N3O29. The monoisotopic (exact) mass is 1530 g/mol. The largest absolute Gasteiger partial charge is 0.477 e. The molecule has 618 valence electrons. The predicted molar refractivity (Wildman–Crippen MR) is 381 cm³/mol. The van der Waals surface area contributed by atoms with Crippen molar-refractivity contribution < 1.29 is 144 Å². The van der Waals surface area contributed by atoms with Gasteiger partial charge in [-0.3, -0.25) is 14.4 Å². The third-order valence-corrected chi connectivity index (χ3v) is 20.5. The standard InChI is InChI=1S/C74H133N3O29/c1-5-7-9-11-13-15-17-19-20-21-22-23-24-26-28-30-32-34-36-38-56(88)77-48(49(84)37-35-33-31-29-27-25-18-16-14-12-10-8-6-2)45-99-69-63(93)62(92)65(55(44-81)101-69)102-70-64(94)68(60(90)53(42-79)100-70)106-74(72(97)98)40-51(86)58(76-47(4)83)67(105-74)61(91)54(43-80)103-73(71(95)96)39-50(85)57(75-46(3)82)66(104-73)59(89)52(87)41-78/h35,37,48-55,57-70,78-81,84-87,89-94H,5-34,36,38-45H2,1-4H3,(H,75,82)(H,76,83)(H,77,88)(H,95,96)(H,97,98). The first-order valence-corrected chi connectivity index (χ1v) is 39.2. The van der Waals surface area contributed by atoms with E-state index < -0.39 is 216 Å². The van der Waals surface area contributed by atoms with E-state index in [4.69, 9.17) is 37.9 Å². The van der Waals surface area contributed by atoms with Gasteiger partial charge in [0.05, 0.1) is 69.5 Å². The number of unbranched alkanes of at least 4 members (excludes halogenated alkanes) is 29. The number of nitrogens with one attached hydrogen (secondary N) is 3. The second-order valence-corrected chi connectivity index (χ2v) is 29.3. The number of aliphatic hydroxyl groups is 14. The number of carboxylic acids is 2. The number of carbonyl (C=O) groups is 5. The molecule has 0 aromatic heterocycles. The molecule has 4 heterocycles. The molecule has 19 N–H and O–H groups in total. The summed E-state index contributed by atoms with van der Waals surface area (Å²) in [5.41, 5.74) is 0. The molecule has 0 saturated carbocycles. The van der Waals surface area contributed by atoms with Crippen LogP contribution < -0.4 is 16.0 Å². The van der Waals surface area contributed by atoms with Gasteiger partial charge in [0.25, 0.3) is 11.6 Å². The molecular weight excluding hydrogens is 1390 g/mol. The number of hydrogen-bond acceptors (Lipinski definition) is 27. The molecule has 32 nitrogen and oxygen atoms in total. The van der Waals surface area contributed by atoms with Gasteiger partial charge in [0.15, 0.2) is 12.6 Å². The average molecular weight is 1530 g/mol. The maximum atomic E-state index is 13.6. The number of carbonyl (C=O) groups excluding carboxylic acids is 3. The molecule has 106 heavy (non-hydrogen) atoms. The van der Waals surface area contributed by atoms with Crippen molar-refractivity contribution in [3.05, 3.63) is 12.2 Å². The number of rotatable bonds is 56. The van der Waals surface area contributed by atoms with Crippen LogP contribution in [0.3, 0.4) is 0 Å². The van der Waals surface area contributed by atoms with Crippen molar-refractivity contribution in [3.63, 3.8) is 0 Å². The number of hydrogen-bond donors (Lipinski definition) is 19. The van der Waals surface area contributed by atoms with Crippen molar-refractivity contribution in [3.8, 4) is 0 Å². The Balaban J connectivity index is 1.46. The van der Waals surface area contributed by atoms with Gasteiger partial charge >= 0.3 is 11.9 Å². The zero-order chi connectivity index (χ0) is 78.4. The zero-order valence-corrected chi connectivity index (χ0v) is 62.9. The maximum absolute atomic E-state index is 13.6. The molecule has 0 aliphatic carbocycles. The summed E-state index contributed by atoms with van der Waals surface area (Å²) in [6, 6.07) is -4.73. The molecule has 3 amide bonds. The van der Waals surface area contributed by atoms with Crippen LogP contribution in [0.1, 0.15) is 246 Å². The second kappa shape index (κ2) is 51.0. The molecule has 0 bridgehead atoms. The fourth-order valence-electron chi connectivity index (χ4n) is 14.2. The summed E-state index contributed by atoms with van der Waals surface area (Å²) < 4.78 is 46.5. The molecule has 0 aromatic carbocycles. The molecule has 32 heteroatoms. The van der Waals surface area contributed by atoms with Crippen molar-refractivity contribution in [2.75, 3.05) is 33.0 Å². The van der Waals surface area contributed by atoms with Crippen molar-refractivity contribution in [2.45, 2.75) is 392 Å². The molecule has 24 atom stereocenters. The number of aliphatic carboxylic acids is 2. The van der Waals surface area contributed by atoms with Crippen LogP contribution in [0, 0.1) is 0 Å². The summed E-state index contributed by atoms with van der Waals surface area (Å²) in [7, 11) is 0. The van der Waals surface area contributed by atoms with Crippen LogP contribution >= 0.6 is 0 Å². The molecule has 0 spiro atoms. The molecule has 0 aromatic rings. The summed E-state index contributed by atoms with van der Waals surface area (Å²) in [6.45, 7) is 1.13. The minimum atomic E-state index is -3.39. The van der Waals surface area contributed by atoms with E-state index >= 15 is 0 Å². The normalized spacial score (nSPS) is 31.0. The van der Waals surface area contributed by atoms with Crippen molar-refractivity contribution in [2.24, 2.45) is 0 Å². The van der Waals surface area contributed by atoms with Gasteiger partial charge in [-0.1, -0.05) is 206 Å². The van der Waals surface area contributed by atoms with Crippen molar-refractivity contribution >= 4 is 29.7 Å². The number of aliphatic hydroxyl groups excluding tert-OH is 14. The van der Waals surface area contributed by atoms with Crippen LogP contribution in [0.2, 0.25) is 0 Å². The van der Waals surface area contributed by atoms with Crippen LogP contribution in [0.25, 0.3) is 0 Å². The first kappa shape index (κ1) is 94.6. The lowest BCUT2D eigenvalue weighted by Gasteiger charge is -2.51. The Morgan fingerprint density at radius 2 is 0.943 bits per heavy atom. The Hall–Kier alpha value is -3.79. The third kappa shape index (κ3) is 30.7. The van der Waals surface area contributed by atoms with Gasteiger partial charge < -0.3 is 136 Å². The Labute approximate surface area is 624 Å². The average Bonchev–Trinajstić information content (AvgIpc) is 0.766. The predicted octanol–water partition coefficient (Wildman–Crippen LogP) is 1.90. The van der Waals surface area contributed by atoms with Crippen LogP contribution in [0.5, 0.6) is 0 Å². The van der Waals surface area contributed by atoms with Crippen LogP contribution in [-0.2, 0) is 61.9 Å². The highest BCUT2D eigenvalue weighted by atomic mass is 16.8. The topological polar surface area (TPSA) is 519 Å². The van der Waals surface area contributed by atoms with Crippen LogP contribution in [0.4, 0.5) is 0 Å². The van der Waals surface area contributed by atoms with Gasteiger partial charge in [0, 0.05) is 33.1 Å². The van der Waals surface area contributed by atoms with Crippen molar-refractivity contribution in [1.82, 2.24) is 16.0 Å². The van der Waals surface area contributed by atoms with E-state index in [0.29, 0.717) is 12.8 Å². The first-order chi connectivity index (χ1) is 50.7. The third-order valence-electron chi connectivity index (χ3n) is 20.5. The molecule has 4 aliphatic heterocycles. The van der Waals surface area contributed by atoms with Gasteiger partial charge in [0.2, 0.25) is 17.7 Å². The molecule has 4 saturated heterocycles. The number of carboxylic acid groups (broad SMARTS) is 2. The lowest BCUT2D eigenvalue weighted by atomic mass is 9.87. The van der Waals surface area contributed by atoms with Crippen molar-refractivity contribution in [1.29, 1.82) is 0 Å². The van der Waals surface area contributed by atoms with E-state index in [-0.39, 0.29) is 12.3 Å². The smallest absolute Gasteiger partial charge is 0.364 e. The molecule has 4 rings (SSSR count). The van der Waals surface area contributed by atoms with E-state index in [1.54, 1.807) is 6.08 Å². The van der Waals surface area contributed by atoms with Gasteiger partial charge in [-0.25, -0.2) is 9.59 Å². The summed E-state index contributed by atoms with van der Waals surface area (Å²) in [5, 5.41) is 185. The highest BCUT2D eigenvalue weighted by Gasteiger charge is 2.62. The highest BCUT2D eigenvalue weighted by molar-refractivity contribution is 5.78. The minimum Gasteiger partial charge on any atom is -0.477 e. The van der Waals surface area contributed by atoms with E-state index in [1.165, 1.54) is 135 Å². The molecule has 24 unspecified atom stereocenters. The van der Waals surface area contributed by atoms with Gasteiger partial charge in [-0.15, -0.1) is 0 Å². The lowest BCUT2D eigenvalue weighted by Crippen LogP contribution is -2.72. The first-order valence-electron chi connectivity index (χ1n) is 39.2.